The molecule has 1 N–H and O–H groups in total. The fourth-order valence-electron chi connectivity index (χ4n) is 2.11. The van der Waals surface area contributed by atoms with Crippen LogP contribution in [0.3, 0.4) is 0 Å². The average molecular weight is 264 g/mol. The minimum atomic E-state index is 0.0952. The van der Waals surface area contributed by atoms with E-state index >= 15 is 0 Å². The van der Waals surface area contributed by atoms with E-state index in [4.69, 9.17) is 4.98 Å². The van der Waals surface area contributed by atoms with Gasteiger partial charge in [-0.05, 0) is 37.0 Å². The molecule has 0 fully saturated rings. The Labute approximate surface area is 117 Å². The summed E-state index contributed by atoms with van der Waals surface area (Å²) in [6.45, 7) is 8.75. The van der Waals surface area contributed by atoms with Crippen molar-refractivity contribution >= 4 is 5.82 Å². The summed E-state index contributed by atoms with van der Waals surface area (Å²) in [6.07, 6.45) is 5.69. The molecule has 3 nitrogen and oxygen atoms in total. The number of aryl methyl sites for hydroxylation is 1. The van der Waals surface area contributed by atoms with E-state index in [9.17, 15) is 5.11 Å². The van der Waals surface area contributed by atoms with Crippen LogP contribution in [0, 0.1) is 0 Å². The highest BCUT2D eigenvalue weighted by Gasteiger charge is 2.09. The molecule has 1 heterocycles. The first-order valence-corrected chi connectivity index (χ1v) is 7.60. The van der Waals surface area contributed by atoms with Gasteiger partial charge in [0, 0.05) is 18.8 Å². The smallest absolute Gasteiger partial charge is 0.129 e. The number of rotatable bonds is 9. The Bertz CT molecular complexity index is 336. The molecular formula is C16H28N2O. The van der Waals surface area contributed by atoms with Crippen molar-refractivity contribution in [2.75, 3.05) is 18.0 Å². The second-order valence-electron chi connectivity index (χ2n) is 5.03. The first kappa shape index (κ1) is 16.0. The number of aromatic nitrogens is 1. The molecule has 0 bridgehead atoms. The first-order chi connectivity index (χ1) is 9.24. The fourth-order valence-corrected chi connectivity index (χ4v) is 2.11. The quantitative estimate of drug-likeness (QED) is 0.741. The maximum absolute atomic E-state index is 9.37. The molecule has 0 radical (unpaired) electrons. The number of aliphatic hydroxyl groups is 1. The van der Waals surface area contributed by atoms with Gasteiger partial charge in [0.05, 0.1) is 6.61 Å². The molecule has 0 aliphatic rings. The molecule has 0 amide bonds. The summed E-state index contributed by atoms with van der Waals surface area (Å²) in [5, 5.41) is 9.37. The van der Waals surface area contributed by atoms with Crippen LogP contribution in [0.1, 0.15) is 57.7 Å². The van der Waals surface area contributed by atoms with Gasteiger partial charge in [-0.2, -0.15) is 0 Å². The highest BCUT2D eigenvalue weighted by atomic mass is 16.3. The van der Waals surface area contributed by atoms with E-state index in [1.807, 2.05) is 12.1 Å². The van der Waals surface area contributed by atoms with E-state index in [0.29, 0.717) is 0 Å². The minimum absolute atomic E-state index is 0.0952. The third kappa shape index (κ3) is 5.19. The molecule has 0 aliphatic heterocycles. The van der Waals surface area contributed by atoms with Gasteiger partial charge in [0.1, 0.15) is 5.82 Å². The number of hydrogen-bond donors (Lipinski definition) is 1. The molecule has 1 rings (SSSR count). The number of hydrogen-bond acceptors (Lipinski definition) is 3. The lowest BCUT2D eigenvalue weighted by Crippen LogP contribution is -2.27. The standard InChI is InChI=1S/C16H28N2O/c1-4-7-9-18(10-8-5-2)16-12-14(13-19)11-15(6-3)17-16/h11-12,19H,4-10,13H2,1-3H3. The van der Waals surface area contributed by atoms with Crippen LogP contribution < -0.4 is 4.90 Å². The van der Waals surface area contributed by atoms with Crippen molar-refractivity contribution in [3.63, 3.8) is 0 Å². The van der Waals surface area contributed by atoms with Crippen LogP contribution in [0.25, 0.3) is 0 Å². The predicted molar refractivity (Wildman–Crippen MR) is 81.6 cm³/mol. The first-order valence-electron chi connectivity index (χ1n) is 7.60. The Morgan fingerprint density at radius 1 is 1.05 bits per heavy atom. The molecule has 3 heteroatoms. The van der Waals surface area contributed by atoms with Crippen molar-refractivity contribution in [1.82, 2.24) is 4.98 Å². The lowest BCUT2D eigenvalue weighted by molar-refractivity contribution is 0.281. The van der Waals surface area contributed by atoms with Crippen molar-refractivity contribution in [3.05, 3.63) is 23.4 Å². The number of aliphatic hydroxyl groups excluding tert-OH is 1. The van der Waals surface area contributed by atoms with Crippen molar-refractivity contribution in [2.24, 2.45) is 0 Å². The van der Waals surface area contributed by atoms with E-state index in [2.05, 4.69) is 25.7 Å². The van der Waals surface area contributed by atoms with Gasteiger partial charge < -0.3 is 10.0 Å². The Morgan fingerprint density at radius 3 is 2.16 bits per heavy atom. The van der Waals surface area contributed by atoms with Crippen LogP contribution in [0.2, 0.25) is 0 Å². The van der Waals surface area contributed by atoms with Crippen molar-refractivity contribution in [2.45, 2.75) is 59.5 Å². The van der Waals surface area contributed by atoms with Crippen LogP contribution in [-0.2, 0) is 13.0 Å². The summed E-state index contributed by atoms with van der Waals surface area (Å²) in [4.78, 5) is 7.09. The van der Waals surface area contributed by atoms with Gasteiger partial charge in [0.2, 0.25) is 0 Å². The highest BCUT2D eigenvalue weighted by molar-refractivity contribution is 5.42. The molecule has 0 unspecified atom stereocenters. The molecule has 108 valence electrons. The molecule has 0 saturated carbocycles. The Hall–Kier alpha value is -1.09. The zero-order chi connectivity index (χ0) is 14.1. The largest absolute Gasteiger partial charge is 0.392 e. The third-order valence-corrected chi connectivity index (χ3v) is 3.36. The predicted octanol–water partition coefficient (Wildman–Crippen LogP) is 3.54. The fraction of sp³-hybridized carbons (Fsp3) is 0.688. The average Bonchev–Trinajstić information content (AvgIpc) is 2.46. The van der Waals surface area contributed by atoms with E-state index in [1.54, 1.807) is 0 Å². The maximum atomic E-state index is 9.37. The van der Waals surface area contributed by atoms with Crippen molar-refractivity contribution in [1.29, 1.82) is 0 Å². The van der Waals surface area contributed by atoms with E-state index in [1.165, 1.54) is 25.7 Å². The summed E-state index contributed by atoms with van der Waals surface area (Å²) >= 11 is 0. The molecule has 0 atom stereocenters. The van der Waals surface area contributed by atoms with Gasteiger partial charge in [-0.25, -0.2) is 4.98 Å². The van der Waals surface area contributed by atoms with Crippen LogP contribution >= 0.6 is 0 Å². The van der Waals surface area contributed by atoms with Crippen LogP contribution in [0.5, 0.6) is 0 Å². The summed E-state index contributed by atoms with van der Waals surface area (Å²) in [5.41, 5.74) is 2.04. The lowest BCUT2D eigenvalue weighted by atomic mass is 10.2. The number of nitrogens with zero attached hydrogens (tertiary/aromatic N) is 2. The van der Waals surface area contributed by atoms with Crippen LogP contribution in [0.4, 0.5) is 5.82 Å². The van der Waals surface area contributed by atoms with Crippen molar-refractivity contribution < 1.29 is 5.11 Å². The third-order valence-electron chi connectivity index (χ3n) is 3.36. The molecule has 0 spiro atoms. The molecule has 1 aromatic rings. The van der Waals surface area contributed by atoms with Crippen LogP contribution in [0.15, 0.2) is 12.1 Å². The van der Waals surface area contributed by atoms with Gasteiger partial charge in [-0.3, -0.25) is 0 Å². The van der Waals surface area contributed by atoms with Crippen molar-refractivity contribution in [3.8, 4) is 0 Å². The zero-order valence-electron chi connectivity index (χ0n) is 12.7. The molecular weight excluding hydrogens is 236 g/mol. The van der Waals surface area contributed by atoms with E-state index < -0.39 is 0 Å². The van der Waals surface area contributed by atoms with Gasteiger partial charge in [-0.15, -0.1) is 0 Å². The molecule has 0 aromatic carbocycles. The Morgan fingerprint density at radius 2 is 1.68 bits per heavy atom. The summed E-state index contributed by atoms with van der Waals surface area (Å²) in [5.74, 6) is 1.03. The molecule has 1 aromatic heterocycles. The molecule has 0 aliphatic carbocycles. The second kappa shape index (κ2) is 8.92. The Kier molecular flexibility index (Phi) is 7.49. The van der Waals surface area contributed by atoms with Gasteiger partial charge in [0.25, 0.3) is 0 Å². The number of pyridine rings is 1. The normalized spacial score (nSPS) is 10.7. The summed E-state index contributed by atoms with van der Waals surface area (Å²) in [7, 11) is 0. The highest BCUT2D eigenvalue weighted by Crippen LogP contribution is 2.17. The van der Waals surface area contributed by atoms with E-state index in [-0.39, 0.29) is 6.61 Å². The molecule has 0 saturated heterocycles. The topological polar surface area (TPSA) is 36.4 Å². The lowest BCUT2D eigenvalue weighted by Gasteiger charge is -2.24. The van der Waals surface area contributed by atoms with Gasteiger partial charge in [0.15, 0.2) is 0 Å². The van der Waals surface area contributed by atoms with E-state index in [0.717, 1.165) is 36.6 Å². The Balaban J connectivity index is 2.91. The second-order valence-corrected chi connectivity index (χ2v) is 5.03. The van der Waals surface area contributed by atoms with Gasteiger partial charge >= 0.3 is 0 Å². The van der Waals surface area contributed by atoms with Gasteiger partial charge in [-0.1, -0.05) is 33.6 Å². The summed E-state index contributed by atoms with van der Waals surface area (Å²) < 4.78 is 0. The maximum Gasteiger partial charge on any atom is 0.129 e. The van der Waals surface area contributed by atoms with Crippen LogP contribution in [-0.4, -0.2) is 23.2 Å². The SMILES string of the molecule is CCCCN(CCCC)c1cc(CO)cc(CC)n1. The zero-order valence-corrected chi connectivity index (χ0v) is 12.7. The monoisotopic (exact) mass is 264 g/mol. The number of anilines is 1. The summed E-state index contributed by atoms with van der Waals surface area (Å²) in [6, 6.07) is 4.03. The molecule has 19 heavy (non-hydrogen) atoms. The number of unbranched alkanes of at least 4 members (excludes halogenated alkanes) is 2. The minimum Gasteiger partial charge on any atom is -0.392 e.